The van der Waals surface area contributed by atoms with Gasteiger partial charge in [-0.15, -0.1) is 0 Å². The van der Waals surface area contributed by atoms with Gasteiger partial charge in [0.15, 0.2) is 17.5 Å². The van der Waals surface area contributed by atoms with Crippen LogP contribution in [0.25, 0.3) is 0 Å². The second kappa shape index (κ2) is 9.05. The summed E-state index contributed by atoms with van der Waals surface area (Å²) in [5.41, 5.74) is -0.490. The second-order valence-electron chi connectivity index (χ2n) is 5.47. The van der Waals surface area contributed by atoms with E-state index < -0.39 is 41.5 Å². The van der Waals surface area contributed by atoms with E-state index in [0.29, 0.717) is 12.5 Å². The van der Waals surface area contributed by atoms with Crippen LogP contribution in [0, 0.1) is 17.5 Å². The van der Waals surface area contributed by atoms with Crippen LogP contribution >= 0.6 is 23.2 Å². The third-order valence-electron chi connectivity index (χ3n) is 3.47. The zero-order chi connectivity index (χ0) is 20.1. The van der Waals surface area contributed by atoms with E-state index in [2.05, 4.69) is 10.3 Å². The van der Waals surface area contributed by atoms with Gasteiger partial charge >= 0.3 is 0 Å². The predicted octanol–water partition coefficient (Wildman–Crippen LogP) is 4.30. The Morgan fingerprint density at radius 1 is 1.11 bits per heavy atom. The van der Waals surface area contributed by atoms with Gasteiger partial charge in [0.05, 0.1) is 11.3 Å². The van der Waals surface area contributed by atoms with E-state index >= 15 is 0 Å². The van der Waals surface area contributed by atoms with Crippen molar-refractivity contribution in [1.82, 2.24) is 9.88 Å². The van der Waals surface area contributed by atoms with Gasteiger partial charge in [-0.05, 0) is 30.7 Å². The Hall–Kier alpha value is -2.32. The molecule has 0 aliphatic rings. The zero-order valence-electron chi connectivity index (χ0n) is 14.0. The summed E-state index contributed by atoms with van der Waals surface area (Å²) in [6.07, 6.45) is 0.525. The lowest BCUT2D eigenvalue weighted by atomic mass is 10.2. The van der Waals surface area contributed by atoms with Crippen molar-refractivity contribution in [2.45, 2.75) is 13.3 Å². The number of rotatable bonds is 6. The fourth-order valence-corrected chi connectivity index (χ4v) is 2.68. The molecule has 0 unspecified atom stereocenters. The van der Waals surface area contributed by atoms with E-state index in [9.17, 15) is 22.8 Å². The maximum atomic E-state index is 13.7. The first-order chi connectivity index (χ1) is 12.7. The molecule has 0 saturated carbocycles. The molecule has 0 aliphatic heterocycles. The first kappa shape index (κ1) is 21.0. The van der Waals surface area contributed by atoms with Crippen molar-refractivity contribution in [3.63, 3.8) is 0 Å². The average molecular weight is 420 g/mol. The third-order valence-corrected chi connectivity index (χ3v) is 3.97. The SMILES string of the molecule is CCCN(CC(=O)Nc1ccc(F)c(F)c1F)C(=O)c1ccc(Cl)nc1Cl. The van der Waals surface area contributed by atoms with Crippen molar-refractivity contribution in [3.05, 3.63) is 57.6 Å². The van der Waals surface area contributed by atoms with Crippen molar-refractivity contribution in [2.24, 2.45) is 0 Å². The number of aromatic nitrogens is 1. The second-order valence-corrected chi connectivity index (χ2v) is 6.22. The minimum atomic E-state index is -1.70. The summed E-state index contributed by atoms with van der Waals surface area (Å²) in [6, 6.07) is 4.32. The molecule has 2 amide bonds. The van der Waals surface area contributed by atoms with Crippen molar-refractivity contribution in [1.29, 1.82) is 0 Å². The summed E-state index contributed by atoms with van der Waals surface area (Å²) >= 11 is 11.6. The average Bonchev–Trinajstić information content (AvgIpc) is 2.61. The van der Waals surface area contributed by atoms with Crippen LogP contribution in [0.1, 0.15) is 23.7 Å². The van der Waals surface area contributed by atoms with Crippen molar-refractivity contribution in [2.75, 3.05) is 18.4 Å². The number of anilines is 1. The minimum Gasteiger partial charge on any atom is -0.329 e. The molecule has 1 aromatic heterocycles. The molecule has 0 atom stereocenters. The van der Waals surface area contributed by atoms with Crippen LogP contribution in [0.4, 0.5) is 18.9 Å². The Kier molecular flexibility index (Phi) is 7.04. The molecule has 0 radical (unpaired) electrons. The highest BCUT2D eigenvalue weighted by atomic mass is 35.5. The number of benzene rings is 1. The fraction of sp³-hybridized carbons (Fsp3) is 0.235. The van der Waals surface area contributed by atoms with Crippen LogP contribution in [0.2, 0.25) is 10.3 Å². The van der Waals surface area contributed by atoms with Gasteiger partial charge in [-0.25, -0.2) is 18.2 Å². The number of carbonyl (C=O) groups is 2. The lowest BCUT2D eigenvalue weighted by molar-refractivity contribution is -0.116. The minimum absolute atomic E-state index is 0.0429. The molecule has 144 valence electrons. The Bertz CT molecular complexity index is 881. The number of pyridine rings is 1. The summed E-state index contributed by atoms with van der Waals surface area (Å²) in [4.78, 5) is 29.7. The van der Waals surface area contributed by atoms with Crippen LogP contribution in [0.15, 0.2) is 24.3 Å². The molecule has 2 rings (SSSR count). The van der Waals surface area contributed by atoms with E-state index in [1.807, 2.05) is 0 Å². The molecule has 27 heavy (non-hydrogen) atoms. The molecule has 0 saturated heterocycles. The topological polar surface area (TPSA) is 62.3 Å². The molecule has 1 aromatic carbocycles. The van der Waals surface area contributed by atoms with Gasteiger partial charge in [0, 0.05) is 6.54 Å². The van der Waals surface area contributed by atoms with Gasteiger partial charge < -0.3 is 10.2 Å². The molecular weight excluding hydrogens is 406 g/mol. The highest BCUT2D eigenvalue weighted by molar-refractivity contribution is 6.34. The van der Waals surface area contributed by atoms with Crippen LogP contribution in [-0.2, 0) is 4.79 Å². The largest absolute Gasteiger partial charge is 0.329 e. The summed E-state index contributed by atoms with van der Waals surface area (Å²) in [7, 11) is 0. The van der Waals surface area contributed by atoms with E-state index in [4.69, 9.17) is 23.2 Å². The van der Waals surface area contributed by atoms with Gasteiger partial charge in [-0.2, -0.15) is 0 Å². The van der Waals surface area contributed by atoms with Crippen LogP contribution in [0.3, 0.4) is 0 Å². The van der Waals surface area contributed by atoms with Gasteiger partial charge in [0.1, 0.15) is 16.9 Å². The standard InChI is InChI=1S/C17H14Cl2F3N3O2/c1-2-7-25(17(27)9-3-6-12(18)24-16(9)19)8-13(26)23-11-5-4-10(20)14(21)15(11)22/h3-6H,2,7-8H2,1H3,(H,23,26). The maximum absolute atomic E-state index is 13.7. The van der Waals surface area contributed by atoms with Gasteiger partial charge in [-0.1, -0.05) is 30.1 Å². The monoisotopic (exact) mass is 419 g/mol. The molecule has 0 spiro atoms. The molecule has 10 heteroatoms. The summed E-state index contributed by atoms with van der Waals surface area (Å²) in [5, 5.41) is 2.09. The van der Waals surface area contributed by atoms with Crippen LogP contribution < -0.4 is 5.32 Å². The normalized spacial score (nSPS) is 10.6. The molecule has 2 aromatic rings. The molecule has 0 fully saturated rings. The number of nitrogens with one attached hydrogen (secondary N) is 1. The summed E-state index contributed by atoms with van der Waals surface area (Å²) in [5.74, 6) is -5.97. The highest BCUT2D eigenvalue weighted by Crippen LogP contribution is 2.21. The number of hydrogen-bond donors (Lipinski definition) is 1. The number of nitrogens with zero attached hydrogens (tertiary/aromatic N) is 2. The Labute approximate surface area is 163 Å². The van der Waals surface area contributed by atoms with E-state index in [1.165, 1.54) is 17.0 Å². The Balaban J connectivity index is 2.16. The Morgan fingerprint density at radius 3 is 2.44 bits per heavy atom. The van der Waals surface area contributed by atoms with Gasteiger partial charge in [-0.3, -0.25) is 9.59 Å². The quantitative estimate of drug-likeness (QED) is 0.560. The molecule has 5 nitrogen and oxygen atoms in total. The molecular formula is C17H14Cl2F3N3O2. The maximum Gasteiger partial charge on any atom is 0.257 e. The summed E-state index contributed by atoms with van der Waals surface area (Å²) in [6.45, 7) is 1.53. The van der Waals surface area contributed by atoms with E-state index in [-0.39, 0.29) is 22.4 Å². The smallest absolute Gasteiger partial charge is 0.257 e. The van der Waals surface area contributed by atoms with Crippen molar-refractivity contribution < 1.29 is 22.8 Å². The lowest BCUT2D eigenvalue weighted by Gasteiger charge is -2.22. The van der Waals surface area contributed by atoms with Crippen molar-refractivity contribution in [3.8, 4) is 0 Å². The first-order valence-electron chi connectivity index (χ1n) is 7.79. The van der Waals surface area contributed by atoms with Crippen LogP contribution in [0.5, 0.6) is 0 Å². The third kappa shape index (κ3) is 5.11. The van der Waals surface area contributed by atoms with Gasteiger partial charge in [0.25, 0.3) is 5.91 Å². The molecule has 0 bridgehead atoms. The summed E-state index contributed by atoms with van der Waals surface area (Å²) < 4.78 is 39.9. The molecule has 1 N–H and O–H groups in total. The number of hydrogen-bond acceptors (Lipinski definition) is 3. The van der Waals surface area contributed by atoms with Gasteiger partial charge in [0.2, 0.25) is 5.91 Å². The number of amides is 2. The fourth-order valence-electron chi connectivity index (χ4n) is 2.25. The van der Waals surface area contributed by atoms with Crippen molar-refractivity contribution >= 4 is 40.7 Å². The molecule has 0 aliphatic carbocycles. The van der Waals surface area contributed by atoms with E-state index in [0.717, 1.165) is 6.07 Å². The number of halogens is 5. The first-order valence-corrected chi connectivity index (χ1v) is 8.54. The number of carbonyl (C=O) groups excluding carboxylic acids is 2. The zero-order valence-corrected chi connectivity index (χ0v) is 15.5. The highest BCUT2D eigenvalue weighted by Gasteiger charge is 2.22. The lowest BCUT2D eigenvalue weighted by Crippen LogP contribution is -2.38. The van der Waals surface area contributed by atoms with E-state index in [1.54, 1.807) is 6.92 Å². The molecule has 1 heterocycles. The van der Waals surface area contributed by atoms with Crippen LogP contribution in [-0.4, -0.2) is 34.8 Å². The predicted molar refractivity (Wildman–Crippen MR) is 95.4 cm³/mol. The Morgan fingerprint density at radius 2 is 1.81 bits per heavy atom.